The summed E-state index contributed by atoms with van der Waals surface area (Å²) >= 11 is 0. The largest absolute Gasteiger partial charge is 0.416 e. The Bertz CT molecular complexity index is 936. The number of benzene rings is 2. The molecule has 1 aromatic heterocycles. The highest BCUT2D eigenvalue weighted by Gasteiger charge is 2.30. The van der Waals surface area contributed by atoms with Crippen molar-refractivity contribution in [3.63, 3.8) is 0 Å². The lowest BCUT2D eigenvalue weighted by Crippen LogP contribution is -2.13. The zero-order chi connectivity index (χ0) is 19.4. The summed E-state index contributed by atoms with van der Waals surface area (Å²) in [5, 5.41) is 5.67. The number of hydrogen-bond acceptors (Lipinski definition) is 3. The molecule has 0 atom stereocenters. The molecule has 27 heavy (non-hydrogen) atoms. The zero-order valence-corrected chi connectivity index (χ0v) is 14.3. The third-order valence-electron chi connectivity index (χ3n) is 3.82. The Kier molecular flexibility index (Phi) is 5.12. The molecule has 1 heterocycles. The van der Waals surface area contributed by atoms with Crippen molar-refractivity contribution in [2.45, 2.75) is 13.1 Å². The molecule has 3 rings (SSSR count). The summed E-state index contributed by atoms with van der Waals surface area (Å²) in [4.78, 5) is 16.5. The normalized spacial score (nSPS) is 11.1. The third-order valence-corrected chi connectivity index (χ3v) is 3.82. The van der Waals surface area contributed by atoms with E-state index in [1.54, 1.807) is 6.07 Å². The van der Waals surface area contributed by atoms with Crippen molar-refractivity contribution >= 4 is 23.1 Å². The number of alkyl halides is 3. The van der Waals surface area contributed by atoms with Gasteiger partial charge in [0.05, 0.1) is 5.56 Å². The molecule has 0 spiro atoms. The van der Waals surface area contributed by atoms with Gasteiger partial charge in [0, 0.05) is 23.1 Å². The van der Waals surface area contributed by atoms with Crippen LogP contribution in [0.25, 0.3) is 0 Å². The topological polar surface area (TPSA) is 54.0 Å². The van der Waals surface area contributed by atoms with Gasteiger partial charge >= 0.3 is 6.18 Å². The summed E-state index contributed by atoms with van der Waals surface area (Å²) in [6.45, 7) is 1.98. The van der Waals surface area contributed by atoms with Crippen LogP contribution in [-0.4, -0.2) is 10.9 Å². The standard InChI is InChI=1S/C20H16F3N3O/c1-13-2-6-16(7-3-13)25-18-12-14(10-11-24-18)19(27)26-17-8-4-15(5-9-17)20(21,22)23/h2-12H,1H3,(H,24,25)(H,26,27). The second kappa shape index (κ2) is 7.49. The monoisotopic (exact) mass is 371 g/mol. The number of aromatic nitrogens is 1. The van der Waals surface area contributed by atoms with Crippen LogP contribution in [0, 0.1) is 6.92 Å². The van der Waals surface area contributed by atoms with Crippen molar-refractivity contribution in [2.24, 2.45) is 0 Å². The number of nitrogens with one attached hydrogen (secondary N) is 2. The predicted molar refractivity (Wildman–Crippen MR) is 98.1 cm³/mol. The van der Waals surface area contributed by atoms with E-state index in [4.69, 9.17) is 0 Å². The van der Waals surface area contributed by atoms with Crippen LogP contribution in [0.5, 0.6) is 0 Å². The molecule has 138 valence electrons. The number of halogens is 3. The smallest absolute Gasteiger partial charge is 0.340 e. The van der Waals surface area contributed by atoms with Gasteiger partial charge in [-0.1, -0.05) is 17.7 Å². The first-order valence-electron chi connectivity index (χ1n) is 8.09. The van der Waals surface area contributed by atoms with Crippen molar-refractivity contribution in [1.82, 2.24) is 4.98 Å². The lowest BCUT2D eigenvalue weighted by atomic mass is 10.2. The zero-order valence-electron chi connectivity index (χ0n) is 14.3. The number of anilines is 3. The minimum absolute atomic E-state index is 0.276. The van der Waals surface area contributed by atoms with Crippen LogP contribution in [0.1, 0.15) is 21.5 Å². The Morgan fingerprint density at radius 1 is 0.926 bits per heavy atom. The average Bonchev–Trinajstić information content (AvgIpc) is 2.63. The van der Waals surface area contributed by atoms with Gasteiger partial charge < -0.3 is 10.6 Å². The molecule has 2 N–H and O–H groups in total. The van der Waals surface area contributed by atoms with E-state index in [0.29, 0.717) is 11.4 Å². The van der Waals surface area contributed by atoms with Crippen LogP contribution < -0.4 is 10.6 Å². The minimum atomic E-state index is -4.41. The van der Waals surface area contributed by atoms with Crippen molar-refractivity contribution in [2.75, 3.05) is 10.6 Å². The number of nitrogens with zero attached hydrogens (tertiary/aromatic N) is 1. The molecule has 0 radical (unpaired) electrons. The minimum Gasteiger partial charge on any atom is -0.340 e. The van der Waals surface area contributed by atoms with Gasteiger partial charge in [0.1, 0.15) is 5.82 Å². The molecule has 7 heteroatoms. The number of carbonyl (C=O) groups is 1. The molecule has 3 aromatic rings. The highest BCUT2D eigenvalue weighted by molar-refractivity contribution is 6.04. The van der Waals surface area contributed by atoms with Crippen molar-refractivity contribution in [3.8, 4) is 0 Å². The van der Waals surface area contributed by atoms with E-state index in [9.17, 15) is 18.0 Å². The van der Waals surface area contributed by atoms with Crippen molar-refractivity contribution in [1.29, 1.82) is 0 Å². The highest BCUT2D eigenvalue weighted by atomic mass is 19.4. The number of pyridine rings is 1. The fourth-order valence-corrected chi connectivity index (χ4v) is 2.37. The van der Waals surface area contributed by atoms with E-state index in [1.165, 1.54) is 24.4 Å². The van der Waals surface area contributed by atoms with Crippen molar-refractivity contribution < 1.29 is 18.0 Å². The molecule has 0 saturated carbocycles. The van der Waals surface area contributed by atoms with Crippen LogP contribution in [0.3, 0.4) is 0 Å². The molecule has 0 unspecified atom stereocenters. The molecular weight excluding hydrogens is 355 g/mol. The molecule has 1 amide bonds. The molecule has 0 aliphatic rings. The third kappa shape index (κ3) is 4.84. The summed E-state index contributed by atoms with van der Waals surface area (Å²) < 4.78 is 37.8. The lowest BCUT2D eigenvalue weighted by molar-refractivity contribution is -0.137. The van der Waals surface area contributed by atoms with Crippen molar-refractivity contribution in [3.05, 3.63) is 83.6 Å². The maximum absolute atomic E-state index is 12.6. The van der Waals surface area contributed by atoms with E-state index in [1.807, 2.05) is 31.2 Å². The summed E-state index contributed by atoms with van der Waals surface area (Å²) in [7, 11) is 0. The molecular formula is C20H16F3N3O. The molecule has 0 aliphatic heterocycles. The second-order valence-electron chi connectivity index (χ2n) is 5.95. The number of carbonyl (C=O) groups excluding carboxylic acids is 1. The average molecular weight is 371 g/mol. The van der Waals surface area contributed by atoms with E-state index in [2.05, 4.69) is 15.6 Å². The van der Waals surface area contributed by atoms with Crippen LogP contribution in [0.2, 0.25) is 0 Å². The Hall–Kier alpha value is -3.35. The van der Waals surface area contributed by atoms with Gasteiger partial charge in [-0.05, 0) is 55.5 Å². The molecule has 4 nitrogen and oxygen atoms in total. The predicted octanol–water partition coefficient (Wildman–Crippen LogP) is 5.40. The maximum atomic E-state index is 12.6. The number of hydrogen-bond donors (Lipinski definition) is 2. The van der Waals surface area contributed by atoms with Gasteiger partial charge in [0.25, 0.3) is 5.91 Å². The fraction of sp³-hybridized carbons (Fsp3) is 0.100. The molecule has 0 aliphatic carbocycles. The SMILES string of the molecule is Cc1ccc(Nc2cc(C(=O)Nc3ccc(C(F)(F)F)cc3)ccn2)cc1. The summed E-state index contributed by atoms with van der Waals surface area (Å²) in [5.41, 5.74) is 1.79. The van der Waals surface area contributed by atoms with E-state index in [-0.39, 0.29) is 5.69 Å². The van der Waals surface area contributed by atoms with Crippen LogP contribution in [0.4, 0.5) is 30.4 Å². The van der Waals surface area contributed by atoms with Gasteiger partial charge in [-0.25, -0.2) is 4.98 Å². The highest BCUT2D eigenvalue weighted by Crippen LogP contribution is 2.29. The Balaban J connectivity index is 1.70. The van der Waals surface area contributed by atoms with Crippen LogP contribution in [-0.2, 0) is 6.18 Å². The van der Waals surface area contributed by atoms with Gasteiger partial charge in [-0.15, -0.1) is 0 Å². The van der Waals surface area contributed by atoms with Gasteiger partial charge in [-0.2, -0.15) is 13.2 Å². The van der Waals surface area contributed by atoms with Gasteiger partial charge in [0.2, 0.25) is 0 Å². The lowest BCUT2D eigenvalue weighted by Gasteiger charge is -2.10. The first-order chi connectivity index (χ1) is 12.8. The summed E-state index contributed by atoms with van der Waals surface area (Å²) in [6.07, 6.45) is -2.93. The first kappa shape index (κ1) is 18.4. The molecule has 0 saturated heterocycles. The van der Waals surface area contributed by atoms with Gasteiger partial charge in [0.15, 0.2) is 0 Å². The van der Waals surface area contributed by atoms with Crippen LogP contribution in [0.15, 0.2) is 66.9 Å². The number of aryl methyl sites for hydroxylation is 1. The second-order valence-corrected chi connectivity index (χ2v) is 5.95. The fourth-order valence-electron chi connectivity index (χ4n) is 2.37. The number of rotatable bonds is 4. The maximum Gasteiger partial charge on any atom is 0.416 e. The first-order valence-corrected chi connectivity index (χ1v) is 8.09. The molecule has 2 aromatic carbocycles. The summed E-state index contributed by atoms with van der Waals surface area (Å²) in [5.74, 6) is 0.0445. The molecule has 0 fully saturated rings. The van der Waals surface area contributed by atoms with Crippen LogP contribution >= 0.6 is 0 Å². The van der Waals surface area contributed by atoms with E-state index < -0.39 is 17.6 Å². The Labute approximate surface area is 154 Å². The number of amides is 1. The van der Waals surface area contributed by atoms with Gasteiger partial charge in [-0.3, -0.25) is 4.79 Å². The Morgan fingerprint density at radius 3 is 2.19 bits per heavy atom. The molecule has 0 bridgehead atoms. The summed E-state index contributed by atoms with van der Waals surface area (Å²) in [6, 6.07) is 15.1. The Morgan fingerprint density at radius 2 is 1.56 bits per heavy atom. The van der Waals surface area contributed by atoms with E-state index in [0.717, 1.165) is 23.4 Å². The van der Waals surface area contributed by atoms with E-state index >= 15 is 0 Å². The quantitative estimate of drug-likeness (QED) is 0.645.